The molecule has 2 rings (SSSR count). The summed E-state index contributed by atoms with van der Waals surface area (Å²) in [5.74, 6) is 1.66. The number of nitrogens with one attached hydrogen (secondary N) is 1. The van der Waals surface area contributed by atoms with Crippen molar-refractivity contribution < 1.29 is 4.79 Å². The van der Waals surface area contributed by atoms with Gasteiger partial charge in [-0.15, -0.1) is 0 Å². The number of benzene rings is 1. The molecule has 0 aliphatic heterocycles. The van der Waals surface area contributed by atoms with Crippen LogP contribution in [-0.4, -0.2) is 71.2 Å². The third-order valence-corrected chi connectivity index (χ3v) is 4.03. The molecular weight excluding hydrogens is 330 g/mol. The zero-order valence-electron chi connectivity index (χ0n) is 16.1. The average Bonchev–Trinajstić information content (AvgIpc) is 3.02. The van der Waals surface area contributed by atoms with Crippen LogP contribution in [-0.2, 0) is 20.0 Å². The predicted molar refractivity (Wildman–Crippen MR) is 102 cm³/mol. The first-order valence-corrected chi connectivity index (χ1v) is 8.47. The SMILES string of the molecule is CN=C(NCCc1cccc(C(=O)N(C)C)c1)N(C)Cc1ncnn1C. The van der Waals surface area contributed by atoms with Crippen molar-refractivity contribution in [3.8, 4) is 0 Å². The Balaban J connectivity index is 1.90. The highest BCUT2D eigenvalue weighted by Gasteiger charge is 2.11. The molecule has 1 heterocycles. The number of aromatic nitrogens is 3. The van der Waals surface area contributed by atoms with Crippen molar-refractivity contribution in [1.29, 1.82) is 0 Å². The van der Waals surface area contributed by atoms with E-state index in [9.17, 15) is 4.79 Å². The second-order valence-electron chi connectivity index (χ2n) is 6.28. The maximum atomic E-state index is 12.1. The number of aliphatic imine (C=N–C) groups is 1. The number of hydrogen-bond acceptors (Lipinski definition) is 4. The molecule has 1 aromatic heterocycles. The summed E-state index contributed by atoms with van der Waals surface area (Å²) in [6.07, 6.45) is 2.34. The van der Waals surface area contributed by atoms with Gasteiger partial charge in [0.15, 0.2) is 5.96 Å². The van der Waals surface area contributed by atoms with Crippen LogP contribution in [0, 0.1) is 0 Å². The number of nitrogens with zero attached hydrogens (tertiary/aromatic N) is 6. The van der Waals surface area contributed by atoms with E-state index in [0.717, 1.165) is 30.3 Å². The maximum absolute atomic E-state index is 12.1. The van der Waals surface area contributed by atoms with Gasteiger partial charge in [0, 0.05) is 47.3 Å². The Morgan fingerprint density at radius 3 is 2.69 bits per heavy atom. The third kappa shape index (κ3) is 5.05. The monoisotopic (exact) mass is 357 g/mol. The molecule has 1 N–H and O–H groups in total. The number of aryl methyl sites for hydroxylation is 1. The molecule has 1 amide bonds. The molecule has 0 saturated heterocycles. The first-order valence-electron chi connectivity index (χ1n) is 8.47. The van der Waals surface area contributed by atoms with Gasteiger partial charge in [0.1, 0.15) is 12.2 Å². The minimum absolute atomic E-state index is 0.0130. The number of carbonyl (C=O) groups excluding carboxylic acids is 1. The zero-order valence-corrected chi connectivity index (χ0v) is 16.1. The highest BCUT2D eigenvalue weighted by molar-refractivity contribution is 5.94. The molecule has 0 saturated carbocycles. The van der Waals surface area contributed by atoms with Gasteiger partial charge >= 0.3 is 0 Å². The lowest BCUT2D eigenvalue weighted by Crippen LogP contribution is -2.39. The molecule has 1 aromatic carbocycles. The van der Waals surface area contributed by atoms with Crippen LogP contribution >= 0.6 is 0 Å². The van der Waals surface area contributed by atoms with Gasteiger partial charge in [-0.3, -0.25) is 14.5 Å². The van der Waals surface area contributed by atoms with E-state index in [-0.39, 0.29) is 5.91 Å². The van der Waals surface area contributed by atoms with Crippen LogP contribution in [0.5, 0.6) is 0 Å². The largest absolute Gasteiger partial charge is 0.356 e. The smallest absolute Gasteiger partial charge is 0.253 e. The van der Waals surface area contributed by atoms with Crippen LogP contribution in [0.15, 0.2) is 35.6 Å². The fourth-order valence-corrected chi connectivity index (χ4v) is 2.57. The van der Waals surface area contributed by atoms with Crippen molar-refractivity contribution in [2.75, 3.05) is 34.7 Å². The Morgan fingerprint density at radius 1 is 1.31 bits per heavy atom. The highest BCUT2D eigenvalue weighted by Crippen LogP contribution is 2.08. The number of amides is 1. The number of guanidine groups is 1. The highest BCUT2D eigenvalue weighted by atomic mass is 16.2. The van der Waals surface area contributed by atoms with Crippen LogP contribution in [0.1, 0.15) is 21.7 Å². The molecular formula is C18H27N7O. The summed E-state index contributed by atoms with van der Waals surface area (Å²) in [5, 5.41) is 7.42. The van der Waals surface area contributed by atoms with Gasteiger partial charge in [0.25, 0.3) is 5.91 Å². The van der Waals surface area contributed by atoms with E-state index >= 15 is 0 Å². The quantitative estimate of drug-likeness (QED) is 0.610. The van der Waals surface area contributed by atoms with E-state index in [1.54, 1.807) is 37.1 Å². The molecule has 140 valence electrons. The van der Waals surface area contributed by atoms with Crippen LogP contribution in [0.4, 0.5) is 0 Å². The molecule has 0 bridgehead atoms. The number of rotatable bonds is 6. The second kappa shape index (κ2) is 8.98. The van der Waals surface area contributed by atoms with Crippen molar-refractivity contribution in [3.63, 3.8) is 0 Å². The molecule has 8 nitrogen and oxygen atoms in total. The predicted octanol–water partition coefficient (Wildman–Crippen LogP) is 0.767. The average molecular weight is 357 g/mol. The molecule has 2 aromatic rings. The molecule has 0 fully saturated rings. The summed E-state index contributed by atoms with van der Waals surface area (Å²) in [7, 11) is 9.10. The molecule has 8 heteroatoms. The Morgan fingerprint density at radius 2 is 2.08 bits per heavy atom. The molecule has 0 radical (unpaired) electrons. The maximum Gasteiger partial charge on any atom is 0.253 e. The van der Waals surface area contributed by atoms with E-state index in [4.69, 9.17) is 0 Å². The van der Waals surface area contributed by atoms with E-state index in [1.165, 1.54) is 0 Å². The van der Waals surface area contributed by atoms with Crippen LogP contribution in [0.2, 0.25) is 0 Å². The zero-order chi connectivity index (χ0) is 19.1. The summed E-state index contributed by atoms with van der Waals surface area (Å²) in [6, 6.07) is 7.73. The summed E-state index contributed by atoms with van der Waals surface area (Å²) in [4.78, 5) is 24.2. The summed E-state index contributed by atoms with van der Waals surface area (Å²) in [5.41, 5.74) is 1.81. The first kappa shape index (κ1) is 19.4. The standard InChI is InChI=1S/C18H27N7O/c1-19-18(24(4)12-16-21-13-22-25(16)5)20-10-9-14-7-6-8-15(11-14)17(26)23(2)3/h6-8,11,13H,9-10,12H2,1-5H3,(H,19,20). The van der Waals surface area contributed by atoms with Crippen molar-refractivity contribution in [1.82, 2.24) is 29.9 Å². The van der Waals surface area contributed by atoms with Gasteiger partial charge in [-0.1, -0.05) is 12.1 Å². The van der Waals surface area contributed by atoms with E-state index in [1.807, 2.05) is 43.3 Å². The number of carbonyl (C=O) groups is 1. The van der Waals surface area contributed by atoms with Crippen LogP contribution in [0.3, 0.4) is 0 Å². The van der Waals surface area contributed by atoms with Crippen molar-refractivity contribution in [2.45, 2.75) is 13.0 Å². The second-order valence-corrected chi connectivity index (χ2v) is 6.28. The molecule has 0 aliphatic carbocycles. The van der Waals surface area contributed by atoms with Gasteiger partial charge in [0.2, 0.25) is 0 Å². The summed E-state index contributed by atoms with van der Waals surface area (Å²) >= 11 is 0. The third-order valence-electron chi connectivity index (χ3n) is 4.03. The van der Waals surface area contributed by atoms with E-state index < -0.39 is 0 Å². The van der Waals surface area contributed by atoms with Crippen molar-refractivity contribution >= 4 is 11.9 Å². The molecule has 0 atom stereocenters. The van der Waals surface area contributed by atoms with Gasteiger partial charge in [-0.2, -0.15) is 5.10 Å². The lowest BCUT2D eigenvalue weighted by atomic mass is 10.1. The van der Waals surface area contributed by atoms with Crippen LogP contribution < -0.4 is 5.32 Å². The minimum atomic E-state index is 0.0130. The molecule has 0 aliphatic rings. The van der Waals surface area contributed by atoms with Gasteiger partial charge in [-0.25, -0.2) is 4.98 Å². The number of hydrogen-bond donors (Lipinski definition) is 1. The Hall–Kier alpha value is -2.90. The normalized spacial score (nSPS) is 11.3. The Bertz CT molecular complexity index is 766. The van der Waals surface area contributed by atoms with Gasteiger partial charge in [-0.05, 0) is 24.1 Å². The van der Waals surface area contributed by atoms with Gasteiger partial charge < -0.3 is 15.1 Å². The molecule has 0 unspecified atom stereocenters. The minimum Gasteiger partial charge on any atom is -0.356 e. The van der Waals surface area contributed by atoms with Gasteiger partial charge in [0.05, 0.1) is 6.54 Å². The summed E-state index contributed by atoms with van der Waals surface area (Å²) in [6.45, 7) is 1.33. The fraction of sp³-hybridized carbons (Fsp3) is 0.444. The van der Waals surface area contributed by atoms with E-state index in [0.29, 0.717) is 12.1 Å². The molecule has 26 heavy (non-hydrogen) atoms. The van der Waals surface area contributed by atoms with Crippen molar-refractivity contribution in [2.24, 2.45) is 12.0 Å². The van der Waals surface area contributed by atoms with Crippen LogP contribution in [0.25, 0.3) is 0 Å². The lowest BCUT2D eigenvalue weighted by molar-refractivity contribution is 0.0827. The lowest BCUT2D eigenvalue weighted by Gasteiger charge is -2.21. The first-order chi connectivity index (χ1) is 12.4. The fourth-order valence-electron chi connectivity index (χ4n) is 2.57. The van der Waals surface area contributed by atoms with Crippen molar-refractivity contribution in [3.05, 3.63) is 47.5 Å². The Labute approximate surface area is 154 Å². The summed E-state index contributed by atoms with van der Waals surface area (Å²) < 4.78 is 1.75. The van der Waals surface area contributed by atoms with E-state index in [2.05, 4.69) is 20.4 Å². The Kier molecular flexibility index (Phi) is 6.71. The molecule has 0 spiro atoms. The topological polar surface area (TPSA) is 78.7 Å².